The van der Waals surface area contributed by atoms with E-state index in [1.54, 1.807) is 0 Å². The largest absolute Gasteiger partial charge is 0.326 e. The molecule has 20 heavy (non-hydrogen) atoms. The summed E-state index contributed by atoms with van der Waals surface area (Å²) in [6, 6.07) is 6.38. The van der Waals surface area contributed by atoms with Crippen molar-refractivity contribution < 1.29 is 4.79 Å². The van der Waals surface area contributed by atoms with Gasteiger partial charge in [0, 0.05) is 12.1 Å². The van der Waals surface area contributed by atoms with Crippen molar-refractivity contribution in [2.24, 2.45) is 17.8 Å². The van der Waals surface area contributed by atoms with Gasteiger partial charge in [0.05, 0.1) is 5.38 Å². The van der Waals surface area contributed by atoms with Gasteiger partial charge in [0.25, 0.3) is 0 Å². The maximum atomic E-state index is 11.6. The fraction of sp³-hybridized carbons (Fsp3) is 0.588. The van der Waals surface area contributed by atoms with Gasteiger partial charge in [0.2, 0.25) is 5.91 Å². The number of carbonyl (C=O) groups excluding carboxylic acids is 1. The second-order valence-corrected chi connectivity index (χ2v) is 7.03. The molecule has 3 atom stereocenters. The Morgan fingerprint density at radius 3 is 2.75 bits per heavy atom. The number of fused-ring (bicyclic) bond motifs is 2. The Labute approximate surface area is 124 Å². The van der Waals surface area contributed by atoms with Gasteiger partial charge in [-0.25, -0.2) is 0 Å². The van der Waals surface area contributed by atoms with E-state index < -0.39 is 0 Å². The van der Waals surface area contributed by atoms with Gasteiger partial charge >= 0.3 is 0 Å². The van der Waals surface area contributed by atoms with Crippen LogP contribution in [0.3, 0.4) is 0 Å². The van der Waals surface area contributed by atoms with Gasteiger partial charge < -0.3 is 5.32 Å². The topological polar surface area (TPSA) is 29.1 Å². The SMILES string of the molecule is O=C1CCCc2cc(C(Cl)C3C4CCCC43)ccc2N1. The number of aryl methyl sites for hydroxylation is 1. The summed E-state index contributed by atoms with van der Waals surface area (Å²) >= 11 is 6.73. The predicted molar refractivity (Wildman–Crippen MR) is 80.9 cm³/mol. The van der Waals surface area contributed by atoms with E-state index in [1.165, 1.54) is 30.4 Å². The van der Waals surface area contributed by atoms with Crippen LogP contribution in [0, 0.1) is 17.8 Å². The Balaban J connectivity index is 1.57. The molecule has 3 heteroatoms. The molecule has 0 aromatic heterocycles. The maximum Gasteiger partial charge on any atom is 0.224 e. The van der Waals surface area contributed by atoms with E-state index in [-0.39, 0.29) is 11.3 Å². The first-order chi connectivity index (χ1) is 9.74. The molecule has 0 spiro atoms. The Morgan fingerprint density at radius 2 is 1.95 bits per heavy atom. The van der Waals surface area contributed by atoms with E-state index in [0.29, 0.717) is 12.3 Å². The van der Waals surface area contributed by atoms with E-state index in [4.69, 9.17) is 11.6 Å². The standard InChI is InChI=1S/C17H20ClNO/c18-17(16-12-4-2-5-13(12)16)11-7-8-14-10(9-11)3-1-6-15(20)19-14/h7-9,12-13,16-17H,1-6H2,(H,19,20). The van der Waals surface area contributed by atoms with Crippen LogP contribution in [0.1, 0.15) is 48.6 Å². The highest BCUT2D eigenvalue weighted by molar-refractivity contribution is 6.21. The van der Waals surface area contributed by atoms with Crippen molar-refractivity contribution in [3.05, 3.63) is 29.3 Å². The minimum Gasteiger partial charge on any atom is -0.326 e. The Morgan fingerprint density at radius 1 is 1.15 bits per heavy atom. The van der Waals surface area contributed by atoms with E-state index in [0.717, 1.165) is 30.4 Å². The average Bonchev–Trinajstić information content (AvgIpc) is 3.00. The van der Waals surface area contributed by atoms with Crippen molar-refractivity contribution in [2.45, 2.75) is 43.9 Å². The second-order valence-electron chi connectivity index (χ2n) is 6.56. The number of hydrogen-bond acceptors (Lipinski definition) is 1. The first kappa shape index (κ1) is 12.7. The van der Waals surface area contributed by atoms with Gasteiger partial charge in [0.1, 0.15) is 0 Å². The number of hydrogen-bond donors (Lipinski definition) is 1. The number of benzene rings is 1. The van der Waals surface area contributed by atoms with Crippen LogP contribution in [0.2, 0.25) is 0 Å². The highest BCUT2D eigenvalue weighted by atomic mass is 35.5. The van der Waals surface area contributed by atoms with Crippen LogP contribution >= 0.6 is 11.6 Å². The lowest BCUT2D eigenvalue weighted by Crippen LogP contribution is -2.09. The third-order valence-electron chi connectivity index (χ3n) is 5.38. The van der Waals surface area contributed by atoms with Crippen molar-refractivity contribution in [3.8, 4) is 0 Å². The van der Waals surface area contributed by atoms with Crippen molar-refractivity contribution in [3.63, 3.8) is 0 Å². The van der Waals surface area contributed by atoms with Crippen LogP contribution in [-0.4, -0.2) is 5.91 Å². The predicted octanol–water partition coefficient (Wildman–Crippen LogP) is 4.29. The summed E-state index contributed by atoms with van der Waals surface area (Å²) in [7, 11) is 0. The Bertz CT molecular complexity index is 546. The Hall–Kier alpha value is -1.02. The third-order valence-corrected chi connectivity index (χ3v) is 5.93. The summed E-state index contributed by atoms with van der Waals surface area (Å²) in [5.74, 6) is 2.60. The molecule has 3 unspecified atom stereocenters. The van der Waals surface area contributed by atoms with Gasteiger partial charge in [-0.3, -0.25) is 4.79 Å². The summed E-state index contributed by atoms with van der Waals surface area (Å²) in [6.45, 7) is 0. The number of nitrogens with one attached hydrogen (secondary N) is 1. The highest BCUT2D eigenvalue weighted by Crippen LogP contribution is 2.63. The molecule has 0 radical (unpaired) electrons. The summed E-state index contributed by atoms with van der Waals surface area (Å²) in [5, 5.41) is 3.15. The number of anilines is 1. The molecule has 1 N–H and O–H groups in total. The molecule has 4 rings (SSSR count). The van der Waals surface area contributed by atoms with Crippen LogP contribution < -0.4 is 5.32 Å². The monoisotopic (exact) mass is 289 g/mol. The third kappa shape index (κ3) is 2.05. The fourth-order valence-electron chi connectivity index (χ4n) is 4.30. The fourth-order valence-corrected chi connectivity index (χ4v) is 4.81. The van der Waals surface area contributed by atoms with Gasteiger partial charge in [-0.15, -0.1) is 11.6 Å². The molecule has 2 aliphatic carbocycles. The number of alkyl halides is 1. The summed E-state index contributed by atoms with van der Waals surface area (Å²) in [6.07, 6.45) is 6.68. The molecular formula is C17H20ClNO. The zero-order chi connectivity index (χ0) is 13.7. The van der Waals surface area contributed by atoms with E-state index in [9.17, 15) is 4.79 Å². The summed E-state index contributed by atoms with van der Waals surface area (Å²) in [5.41, 5.74) is 3.49. The van der Waals surface area contributed by atoms with Crippen molar-refractivity contribution in [1.82, 2.24) is 0 Å². The van der Waals surface area contributed by atoms with Crippen molar-refractivity contribution in [1.29, 1.82) is 0 Å². The van der Waals surface area contributed by atoms with Gasteiger partial charge in [-0.2, -0.15) is 0 Å². The minimum atomic E-state index is 0.135. The number of carbonyl (C=O) groups is 1. The first-order valence-electron chi connectivity index (χ1n) is 7.81. The first-order valence-corrected chi connectivity index (χ1v) is 8.24. The average molecular weight is 290 g/mol. The van der Waals surface area contributed by atoms with Crippen molar-refractivity contribution in [2.75, 3.05) is 5.32 Å². The zero-order valence-electron chi connectivity index (χ0n) is 11.6. The lowest BCUT2D eigenvalue weighted by Gasteiger charge is -2.15. The highest BCUT2D eigenvalue weighted by Gasteiger charge is 2.55. The molecule has 1 aliphatic heterocycles. The van der Waals surface area contributed by atoms with Crippen LogP contribution in [0.5, 0.6) is 0 Å². The molecule has 1 aromatic rings. The molecule has 1 amide bonds. The van der Waals surface area contributed by atoms with E-state index in [1.807, 2.05) is 6.07 Å². The summed E-state index contributed by atoms with van der Waals surface area (Å²) < 4.78 is 0. The molecule has 3 aliphatic rings. The Kier molecular flexibility index (Phi) is 3.03. The number of amides is 1. The maximum absolute atomic E-state index is 11.6. The van der Waals surface area contributed by atoms with Gasteiger partial charge in [-0.05, 0) is 60.6 Å². The zero-order valence-corrected chi connectivity index (χ0v) is 12.3. The molecule has 2 saturated carbocycles. The van der Waals surface area contributed by atoms with Gasteiger partial charge in [-0.1, -0.05) is 18.6 Å². The molecule has 2 nitrogen and oxygen atoms in total. The normalized spacial score (nSPS) is 32.9. The number of rotatable bonds is 2. The van der Waals surface area contributed by atoms with E-state index >= 15 is 0 Å². The molecule has 2 fully saturated rings. The van der Waals surface area contributed by atoms with Crippen LogP contribution in [0.4, 0.5) is 5.69 Å². The number of halogens is 1. The van der Waals surface area contributed by atoms with Gasteiger partial charge in [0.15, 0.2) is 0 Å². The molecule has 0 saturated heterocycles. The summed E-state index contributed by atoms with van der Waals surface area (Å²) in [4.78, 5) is 11.6. The van der Waals surface area contributed by atoms with E-state index in [2.05, 4.69) is 17.4 Å². The van der Waals surface area contributed by atoms with Crippen LogP contribution in [0.15, 0.2) is 18.2 Å². The molecular weight excluding hydrogens is 270 g/mol. The smallest absolute Gasteiger partial charge is 0.224 e. The quantitative estimate of drug-likeness (QED) is 0.809. The van der Waals surface area contributed by atoms with Crippen molar-refractivity contribution >= 4 is 23.2 Å². The van der Waals surface area contributed by atoms with Crippen LogP contribution in [-0.2, 0) is 11.2 Å². The second kappa shape index (κ2) is 4.77. The molecule has 0 bridgehead atoms. The lowest BCUT2D eigenvalue weighted by atomic mass is 9.98. The molecule has 106 valence electrons. The lowest BCUT2D eigenvalue weighted by molar-refractivity contribution is -0.116. The molecule has 1 heterocycles. The molecule has 1 aromatic carbocycles. The minimum absolute atomic E-state index is 0.135. The van der Waals surface area contributed by atoms with Crippen LogP contribution in [0.25, 0.3) is 0 Å².